The van der Waals surface area contributed by atoms with Crippen molar-refractivity contribution in [2.24, 2.45) is 17.3 Å². The zero-order valence-corrected chi connectivity index (χ0v) is 18.0. The van der Waals surface area contributed by atoms with E-state index in [0.29, 0.717) is 5.41 Å². The maximum Gasteiger partial charge on any atom is 0.0105 e. The van der Waals surface area contributed by atoms with Gasteiger partial charge in [0.1, 0.15) is 0 Å². The average molecular weight is 353 g/mol. The van der Waals surface area contributed by atoms with E-state index in [0.717, 1.165) is 18.3 Å². The molecule has 0 fully saturated rings. The summed E-state index contributed by atoms with van der Waals surface area (Å²) in [6.45, 7) is 18.7. The first-order chi connectivity index (χ1) is 12.5. The highest BCUT2D eigenvalue weighted by atomic mass is 14.5. The van der Waals surface area contributed by atoms with Gasteiger partial charge in [-0.2, -0.15) is 0 Å². The van der Waals surface area contributed by atoms with Crippen molar-refractivity contribution in [2.45, 2.75) is 86.0 Å². The third-order valence-corrected chi connectivity index (χ3v) is 6.85. The lowest BCUT2D eigenvalue weighted by Crippen LogP contribution is -2.33. The van der Waals surface area contributed by atoms with Gasteiger partial charge in [0, 0.05) is 5.41 Å². The Bertz CT molecular complexity index is 624. The normalized spacial score (nSPS) is 31.8. The molecule has 0 N–H and O–H groups in total. The molecule has 4 aliphatic rings. The first kappa shape index (κ1) is 21.0. The summed E-state index contributed by atoms with van der Waals surface area (Å²) in [7, 11) is 0. The summed E-state index contributed by atoms with van der Waals surface area (Å²) in [5, 5.41) is 0. The quantitative estimate of drug-likeness (QED) is 0.416. The Kier molecular flexibility index (Phi) is 7.33. The molecule has 0 aromatic carbocycles. The van der Waals surface area contributed by atoms with Gasteiger partial charge in [-0.15, -0.1) is 6.58 Å². The Hall–Kier alpha value is -1.30. The minimum atomic E-state index is 0.367. The topological polar surface area (TPSA) is 0 Å². The van der Waals surface area contributed by atoms with Gasteiger partial charge in [0.25, 0.3) is 0 Å². The van der Waals surface area contributed by atoms with E-state index in [9.17, 15) is 0 Å². The maximum absolute atomic E-state index is 4.20. The van der Waals surface area contributed by atoms with E-state index in [1.807, 2.05) is 19.9 Å². The van der Waals surface area contributed by atoms with Crippen molar-refractivity contribution in [1.82, 2.24) is 0 Å². The van der Waals surface area contributed by atoms with E-state index >= 15 is 0 Å². The average Bonchev–Trinajstić information content (AvgIpc) is 3.05. The molecule has 0 heterocycles. The van der Waals surface area contributed by atoms with E-state index in [2.05, 4.69) is 46.1 Å². The van der Waals surface area contributed by atoms with Crippen molar-refractivity contribution in [3.63, 3.8) is 0 Å². The lowest BCUT2D eigenvalue weighted by atomic mass is 9.58. The fourth-order valence-electron chi connectivity index (χ4n) is 5.25. The monoisotopic (exact) mass is 352 g/mol. The van der Waals surface area contributed by atoms with Gasteiger partial charge in [-0.1, -0.05) is 76.1 Å². The molecule has 4 aliphatic carbocycles. The zero-order chi connectivity index (χ0) is 19.3. The Labute approximate surface area is 162 Å². The molecule has 0 aliphatic heterocycles. The van der Waals surface area contributed by atoms with Crippen LogP contribution in [0.25, 0.3) is 0 Å². The molecular formula is C26H40. The van der Waals surface area contributed by atoms with Crippen molar-refractivity contribution in [3.05, 3.63) is 59.3 Å². The minimum absolute atomic E-state index is 0.367. The standard InChI is InChI=1S/C20H26.C4H8.C2H6/c1-13-10-11-20(3)15(12-13)5-7-18-17-6-4-14(2)16(17)8-9-19(18)20;1-3-4-2;1-2/h6,12,14,16H,1,4-5,7-11H2,2-3H3;3H,1,4H2,2H3;1-2H3. The molecule has 0 heteroatoms. The summed E-state index contributed by atoms with van der Waals surface area (Å²) in [6.07, 6.45) is 17.1. The molecule has 3 unspecified atom stereocenters. The summed E-state index contributed by atoms with van der Waals surface area (Å²) >= 11 is 0. The lowest BCUT2D eigenvalue weighted by Gasteiger charge is -2.47. The van der Waals surface area contributed by atoms with Crippen LogP contribution in [0.4, 0.5) is 0 Å². The third kappa shape index (κ3) is 3.85. The largest absolute Gasteiger partial charge is 0.103 e. The fraction of sp³-hybridized carbons (Fsp3) is 0.615. The number of fused-ring (bicyclic) bond motifs is 4. The molecule has 26 heavy (non-hydrogen) atoms. The van der Waals surface area contributed by atoms with E-state index in [1.165, 1.54) is 50.5 Å². The highest BCUT2D eigenvalue weighted by Gasteiger charge is 2.44. The van der Waals surface area contributed by atoms with Crippen molar-refractivity contribution in [1.29, 1.82) is 0 Å². The van der Waals surface area contributed by atoms with Gasteiger partial charge in [-0.3, -0.25) is 0 Å². The summed E-state index contributed by atoms with van der Waals surface area (Å²) in [6, 6.07) is 0. The predicted octanol–water partition coefficient (Wildman–Crippen LogP) is 8.34. The van der Waals surface area contributed by atoms with Gasteiger partial charge in [-0.25, -0.2) is 0 Å². The van der Waals surface area contributed by atoms with Crippen LogP contribution < -0.4 is 0 Å². The van der Waals surface area contributed by atoms with Crippen LogP contribution in [0.1, 0.15) is 86.0 Å². The highest BCUT2D eigenvalue weighted by Crippen LogP contribution is 2.58. The molecule has 0 saturated carbocycles. The molecule has 0 nitrogen and oxygen atoms in total. The second-order valence-corrected chi connectivity index (χ2v) is 8.33. The van der Waals surface area contributed by atoms with Gasteiger partial charge in [-0.05, 0) is 74.3 Å². The molecule has 144 valence electrons. The predicted molar refractivity (Wildman–Crippen MR) is 117 cm³/mol. The molecule has 0 bridgehead atoms. The molecule has 0 radical (unpaired) electrons. The second kappa shape index (κ2) is 9.07. The first-order valence-electron chi connectivity index (χ1n) is 10.9. The van der Waals surface area contributed by atoms with Crippen LogP contribution in [0.15, 0.2) is 59.3 Å². The summed E-state index contributed by atoms with van der Waals surface area (Å²) in [4.78, 5) is 0. The molecule has 0 amide bonds. The molecule has 0 aromatic rings. The minimum Gasteiger partial charge on any atom is -0.103 e. The summed E-state index contributed by atoms with van der Waals surface area (Å²) in [5.74, 6) is 1.76. The lowest BCUT2D eigenvalue weighted by molar-refractivity contribution is 0.334. The maximum atomic E-state index is 4.20. The van der Waals surface area contributed by atoms with Gasteiger partial charge >= 0.3 is 0 Å². The SMILES string of the molecule is C=C1C=C2CCC3=C(CCC4C3=CCC4C)C2(C)CC1.C=CCC.CC. The van der Waals surface area contributed by atoms with Gasteiger partial charge < -0.3 is 0 Å². The Morgan fingerprint density at radius 3 is 2.54 bits per heavy atom. The number of hydrogen-bond acceptors (Lipinski definition) is 0. The van der Waals surface area contributed by atoms with Crippen LogP contribution in [0.5, 0.6) is 0 Å². The number of allylic oxidation sites excluding steroid dienone is 8. The van der Waals surface area contributed by atoms with Crippen LogP contribution in [0, 0.1) is 17.3 Å². The summed E-state index contributed by atoms with van der Waals surface area (Å²) < 4.78 is 0. The number of hydrogen-bond donors (Lipinski definition) is 0. The van der Waals surface area contributed by atoms with Gasteiger partial charge in [0.2, 0.25) is 0 Å². The van der Waals surface area contributed by atoms with Gasteiger partial charge in [0.15, 0.2) is 0 Å². The molecule has 4 rings (SSSR count). The molecular weight excluding hydrogens is 312 g/mol. The van der Waals surface area contributed by atoms with Crippen molar-refractivity contribution < 1.29 is 0 Å². The van der Waals surface area contributed by atoms with Crippen LogP contribution in [0.3, 0.4) is 0 Å². The Morgan fingerprint density at radius 2 is 1.88 bits per heavy atom. The Morgan fingerprint density at radius 1 is 1.19 bits per heavy atom. The van der Waals surface area contributed by atoms with Crippen LogP contribution in [-0.4, -0.2) is 0 Å². The van der Waals surface area contributed by atoms with Gasteiger partial charge in [0.05, 0.1) is 0 Å². The zero-order valence-electron chi connectivity index (χ0n) is 18.0. The smallest absolute Gasteiger partial charge is 0.0105 e. The van der Waals surface area contributed by atoms with Crippen molar-refractivity contribution >= 4 is 0 Å². The van der Waals surface area contributed by atoms with E-state index in [-0.39, 0.29) is 0 Å². The van der Waals surface area contributed by atoms with E-state index < -0.39 is 0 Å². The summed E-state index contributed by atoms with van der Waals surface area (Å²) in [5.41, 5.74) is 8.73. The first-order valence-corrected chi connectivity index (χ1v) is 10.9. The van der Waals surface area contributed by atoms with E-state index in [1.54, 1.807) is 22.3 Å². The second-order valence-electron chi connectivity index (χ2n) is 8.33. The van der Waals surface area contributed by atoms with Crippen LogP contribution >= 0.6 is 0 Å². The highest BCUT2D eigenvalue weighted by molar-refractivity contribution is 5.52. The van der Waals surface area contributed by atoms with Crippen molar-refractivity contribution in [2.75, 3.05) is 0 Å². The fourth-order valence-corrected chi connectivity index (χ4v) is 5.25. The molecule has 0 aromatic heterocycles. The molecule has 3 atom stereocenters. The third-order valence-electron chi connectivity index (χ3n) is 6.85. The van der Waals surface area contributed by atoms with Crippen LogP contribution in [-0.2, 0) is 0 Å². The molecule has 0 spiro atoms. The Balaban J connectivity index is 0.000000361. The van der Waals surface area contributed by atoms with Crippen LogP contribution in [0.2, 0.25) is 0 Å². The van der Waals surface area contributed by atoms with Crippen molar-refractivity contribution in [3.8, 4) is 0 Å². The molecule has 0 saturated heterocycles. The number of rotatable bonds is 1. The van der Waals surface area contributed by atoms with E-state index in [4.69, 9.17) is 0 Å².